The fourth-order valence-electron chi connectivity index (χ4n) is 3.36. The summed E-state index contributed by atoms with van der Waals surface area (Å²) in [6.07, 6.45) is 5.73. The monoisotopic (exact) mass is 397 g/mol. The highest BCUT2D eigenvalue weighted by molar-refractivity contribution is 7.99. The van der Waals surface area contributed by atoms with Crippen LogP contribution in [0.15, 0.2) is 58.4 Å². The maximum atomic E-state index is 12.4. The van der Waals surface area contributed by atoms with E-state index in [0.717, 1.165) is 53.9 Å². The van der Waals surface area contributed by atoms with Crippen molar-refractivity contribution in [1.29, 1.82) is 0 Å². The summed E-state index contributed by atoms with van der Waals surface area (Å²) in [6, 6.07) is 11.7. The van der Waals surface area contributed by atoms with Gasteiger partial charge in [0.15, 0.2) is 5.16 Å². The van der Waals surface area contributed by atoms with Crippen molar-refractivity contribution in [3.05, 3.63) is 54.6 Å². The Morgan fingerprint density at radius 3 is 2.68 bits per heavy atom. The minimum atomic E-state index is 0.182. The fourth-order valence-corrected chi connectivity index (χ4v) is 4.24. The second kappa shape index (κ2) is 8.56. The van der Waals surface area contributed by atoms with Crippen molar-refractivity contribution in [2.24, 2.45) is 0 Å². The lowest BCUT2D eigenvalue weighted by atomic mass is 10.1. The number of carbonyl (C=O) groups is 1. The zero-order chi connectivity index (χ0) is 19.3. The maximum absolute atomic E-state index is 12.4. The number of aromatic nitrogens is 2. The number of ether oxygens (including phenoxy) is 1. The van der Waals surface area contributed by atoms with Crippen LogP contribution in [0.25, 0.3) is 11.3 Å². The minimum absolute atomic E-state index is 0.182. The molecule has 1 saturated heterocycles. The molecule has 3 heterocycles. The summed E-state index contributed by atoms with van der Waals surface area (Å²) in [4.78, 5) is 19.0. The average molecular weight is 398 g/mol. The van der Waals surface area contributed by atoms with Gasteiger partial charge in [0.2, 0.25) is 5.91 Å². The zero-order valence-corrected chi connectivity index (χ0v) is 16.7. The molecular formula is C21H23N3O3S. The van der Waals surface area contributed by atoms with Crippen molar-refractivity contribution in [2.45, 2.75) is 24.5 Å². The SMILES string of the molecule is COc1ccc(-c2cnc(SCC(=O)N3CCCC3)n2Cc2ccco2)cc1. The molecule has 1 aliphatic rings. The Labute approximate surface area is 168 Å². The summed E-state index contributed by atoms with van der Waals surface area (Å²) >= 11 is 1.48. The Balaban J connectivity index is 1.58. The molecule has 1 amide bonds. The number of benzene rings is 1. The number of furan rings is 1. The van der Waals surface area contributed by atoms with E-state index < -0.39 is 0 Å². The first kappa shape index (κ1) is 18.7. The van der Waals surface area contributed by atoms with Gasteiger partial charge in [-0.2, -0.15) is 0 Å². The van der Waals surface area contributed by atoms with Crippen molar-refractivity contribution in [1.82, 2.24) is 14.5 Å². The van der Waals surface area contributed by atoms with Gasteiger partial charge in [-0.3, -0.25) is 4.79 Å². The van der Waals surface area contributed by atoms with Gasteiger partial charge in [0.05, 0.1) is 37.6 Å². The Hall–Kier alpha value is -2.67. The Bertz CT molecular complexity index is 913. The van der Waals surface area contributed by atoms with Crippen LogP contribution in [0.5, 0.6) is 5.75 Å². The molecular weight excluding hydrogens is 374 g/mol. The summed E-state index contributed by atoms with van der Waals surface area (Å²) in [7, 11) is 1.66. The van der Waals surface area contributed by atoms with Gasteiger partial charge in [-0.05, 0) is 49.2 Å². The molecule has 0 saturated carbocycles. The van der Waals surface area contributed by atoms with Gasteiger partial charge in [0, 0.05) is 18.7 Å². The molecule has 0 unspecified atom stereocenters. The largest absolute Gasteiger partial charge is 0.497 e. The van der Waals surface area contributed by atoms with E-state index in [0.29, 0.717) is 12.3 Å². The summed E-state index contributed by atoms with van der Waals surface area (Å²) < 4.78 is 12.9. The van der Waals surface area contributed by atoms with E-state index in [1.165, 1.54) is 11.8 Å². The van der Waals surface area contributed by atoms with Crippen molar-refractivity contribution in [3.63, 3.8) is 0 Å². The van der Waals surface area contributed by atoms with Gasteiger partial charge < -0.3 is 18.6 Å². The summed E-state index contributed by atoms with van der Waals surface area (Å²) in [5.41, 5.74) is 2.02. The number of imidazole rings is 1. The molecule has 4 rings (SSSR count). The maximum Gasteiger partial charge on any atom is 0.233 e. The number of rotatable bonds is 7. The third-order valence-electron chi connectivity index (χ3n) is 4.88. The van der Waals surface area contributed by atoms with Crippen molar-refractivity contribution >= 4 is 17.7 Å². The molecule has 0 radical (unpaired) electrons. The Kier molecular flexibility index (Phi) is 5.71. The number of amides is 1. The number of hydrogen-bond acceptors (Lipinski definition) is 5. The lowest BCUT2D eigenvalue weighted by Gasteiger charge is -2.15. The number of nitrogens with zero attached hydrogens (tertiary/aromatic N) is 3. The molecule has 1 fully saturated rings. The topological polar surface area (TPSA) is 60.5 Å². The van der Waals surface area contributed by atoms with E-state index in [9.17, 15) is 4.79 Å². The molecule has 1 aromatic carbocycles. The van der Waals surface area contributed by atoms with Crippen LogP contribution in [-0.2, 0) is 11.3 Å². The first-order valence-electron chi connectivity index (χ1n) is 9.37. The van der Waals surface area contributed by atoms with Crippen molar-refractivity contribution in [2.75, 3.05) is 26.0 Å². The normalized spacial score (nSPS) is 13.8. The lowest BCUT2D eigenvalue weighted by molar-refractivity contribution is -0.127. The Morgan fingerprint density at radius 2 is 2.00 bits per heavy atom. The lowest BCUT2D eigenvalue weighted by Crippen LogP contribution is -2.29. The van der Waals surface area contributed by atoms with E-state index in [2.05, 4.69) is 9.55 Å². The standard InChI is InChI=1S/C21H23N3O3S/c1-26-17-8-6-16(7-9-17)19-13-22-21(24(19)14-18-5-4-12-27-18)28-15-20(25)23-10-2-3-11-23/h4-9,12-13H,2-3,10-11,14-15H2,1H3. The van der Waals surface area contributed by atoms with E-state index in [-0.39, 0.29) is 5.91 Å². The van der Waals surface area contributed by atoms with Crippen LogP contribution in [-0.4, -0.2) is 46.3 Å². The molecule has 0 N–H and O–H groups in total. The molecule has 28 heavy (non-hydrogen) atoms. The highest BCUT2D eigenvalue weighted by atomic mass is 32.2. The second-order valence-electron chi connectivity index (χ2n) is 6.70. The van der Waals surface area contributed by atoms with Crippen LogP contribution in [0.2, 0.25) is 0 Å². The Morgan fingerprint density at radius 1 is 1.21 bits per heavy atom. The van der Waals surface area contributed by atoms with Gasteiger partial charge >= 0.3 is 0 Å². The van der Waals surface area contributed by atoms with Gasteiger partial charge in [0.1, 0.15) is 11.5 Å². The summed E-state index contributed by atoms with van der Waals surface area (Å²) in [5.74, 6) is 2.24. The molecule has 0 aliphatic carbocycles. The third-order valence-corrected chi connectivity index (χ3v) is 5.86. The smallest absolute Gasteiger partial charge is 0.233 e. The van der Waals surface area contributed by atoms with Gasteiger partial charge in [-0.1, -0.05) is 11.8 Å². The fraction of sp³-hybridized carbons (Fsp3) is 0.333. The van der Waals surface area contributed by atoms with Crippen LogP contribution in [0, 0.1) is 0 Å². The molecule has 146 valence electrons. The summed E-state index contributed by atoms with van der Waals surface area (Å²) in [6.45, 7) is 2.31. The van der Waals surface area contributed by atoms with Crippen LogP contribution in [0.3, 0.4) is 0 Å². The van der Waals surface area contributed by atoms with Crippen LogP contribution < -0.4 is 4.74 Å². The molecule has 0 atom stereocenters. The molecule has 2 aromatic heterocycles. The predicted octanol–water partition coefficient (Wildman–Crippen LogP) is 3.91. The van der Waals surface area contributed by atoms with Gasteiger partial charge in [-0.25, -0.2) is 4.98 Å². The first-order valence-corrected chi connectivity index (χ1v) is 10.4. The molecule has 0 spiro atoms. The van der Waals surface area contributed by atoms with E-state index in [4.69, 9.17) is 9.15 Å². The highest BCUT2D eigenvalue weighted by Gasteiger charge is 2.20. The molecule has 6 nitrogen and oxygen atoms in total. The number of carbonyl (C=O) groups excluding carboxylic acids is 1. The van der Waals surface area contributed by atoms with Crippen molar-refractivity contribution < 1.29 is 13.9 Å². The van der Waals surface area contributed by atoms with Crippen LogP contribution in [0.4, 0.5) is 0 Å². The first-order chi connectivity index (χ1) is 13.7. The van der Waals surface area contributed by atoms with E-state index in [1.54, 1.807) is 13.4 Å². The number of methoxy groups -OCH3 is 1. The molecule has 0 bridgehead atoms. The zero-order valence-electron chi connectivity index (χ0n) is 15.8. The summed E-state index contributed by atoms with van der Waals surface area (Å²) in [5, 5.41) is 0.815. The number of likely N-dealkylation sites (tertiary alicyclic amines) is 1. The predicted molar refractivity (Wildman–Crippen MR) is 109 cm³/mol. The van der Waals surface area contributed by atoms with E-state index >= 15 is 0 Å². The number of hydrogen-bond donors (Lipinski definition) is 0. The van der Waals surface area contributed by atoms with Gasteiger partial charge in [0.25, 0.3) is 0 Å². The van der Waals surface area contributed by atoms with E-state index in [1.807, 2.05) is 47.5 Å². The minimum Gasteiger partial charge on any atom is -0.497 e. The second-order valence-corrected chi connectivity index (χ2v) is 7.64. The molecule has 1 aliphatic heterocycles. The third kappa shape index (κ3) is 4.09. The highest BCUT2D eigenvalue weighted by Crippen LogP contribution is 2.29. The number of thioether (sulfide) groups is 1. The van der Waals surface area contributed by atoms with Crippen LogP contribution >= 0.6 is 11.8 Å². The molecule has 3 aromatic rings. The quantitative estimate of drug-likeness (QED) is 0.566. The van der Waals surface area contributed by atoms with Crippen LogP contribution in [0.1, 0.15) is 18.6 Å². The molecule has 7 heteroatoms. The van der Waals surface area contributed by atoms with Crippen molar-refractivity contribution in [3.8, 4) is 17.0 Å². The average Bonchev–Trinajstić information content (AvgIpc) is 3.49. The van der Waals surface area contributed by atoms with Gasteiger partial charge in [-0.15, -0.1) is 0 Å².